The molecule has 1 aromatic carbocycles. The lowest BCUT2D eigenvalue weighted by molar-refractivity contribution is -0.645. The van der Waals surface area contributed by atoms with Crippen molar-refractivity contribution in [3.8, 4) is 0 Å². The number of pyridine rings is 2. The van der Waals surface area contributed by atoms with Gasteiger partial charge in [0.2, 0.25) is 0 Å². The van der Waals surface area contributed by atoms with E-state index >= 15 is 0 Å². The van der Waals surface area contributed by atoms with Crippen molar-refractivity contribution in [3.05, 3.63) is 94.6 Å². The summed E-state index contributed by atoms with van der Waals surface area (Å²) in [5.41, 5.74) is 2.33. The highest BCUT2D eigenvalue weighted by atomic mass is 32.2. The molecule has 0 atom stereocenters. The monoisotopic (exact) mass is 356 g/mol. The number of hydrogen-bond acceptors (Lipinski definition) is 4. The van der Waals surface area contributed by atoms with Gasteiger partial charge >= 0.3 is 0 Å². The zero-order chi connectivity index (χ0) is 16.8. The summed E-state index contributed by atoms with van der Waals surface area (Å²) in [5, 5.41) is 24.6. The summed E-state index contributed by atoms with van der Waals surface area (Å²) in [6.45, 7) is 0. The fraction of sp³-hybridized carbons (Fsp3) is 0.111. The van der Waals surface area contributed by atoms with Crippen LogP contribution in [0.1, 0.15) is 11.1 Å². The van der Waals surface area contributed by atoms with Gasteiger partial charge in [0, 0.05) is 35.8 Å². The van der Waals surface area contributed by atoms with Gasteiger partial charge < -0.3 is 10.4 Å². The number of rotatable bonds is 6. The number of thioether (sulfide) groups is 2. The standard InChI is InChI=1S/C18H16N2O2S2/c21-19-11-3-1-5-17(19)23-13-15-7-9-16(10-8-15)14-24-18-6-2-4-12-20(18)22/h1-12H,13-14H2. The van der Waals surface area contributed by atoms with Crippen molar-refractivity contribution in [2.24, 2.45) is 0 Å². The highest BCUT2D eigenvalue weighted by Crippen LogP contribution is 2.22. The maximum absolute atomic E-state index is 11.6. The average molecular weight is 356 g/mol. The van der Waals surface area contributed by atoms with Crippen LogP contribution in [0.15, 0.2) is 83.1 Å². The van der Waals surface area contributed by atoms with Crippen LogP contribution < -0.4 is 9.46 Å². The van der Waals surface area contributed by atoms with Crippen molar-refractivity contribution >= 4 is 23.5 Å². The van der Waals surface area contributed by atoms with Crippen LogP contribution in [0, 0.1) is 10.4 Å². The summed E-state index contributed by atoms with van der Waals surface area (Å²) in [5.74, 6) is 1.50. The molecule has 0 aliphatic carbocycles. The normalized spacial score (nSPS) is 10.7. The van der Waals surface area contributed by atoms with Gasteiger partial charge in [0.15, 0.2) is 12.4 Å². The van der Waals surface area contributed by atoms with E-state index in [0.717, 1.165) is 32.1 Å². The Bertz CT molecular complexity index is 742. The predicted molar refractivity (Wildman–Crippen MR) is 96.4 cm³/mol. The summed E-state index contributed by atoms with van der Waals surface area (Å²) in [6, 6.07) is 19.1. The second-order valence-electron chi connectivity index (χ2n) is 5.12. The van der Waals surface area contributed by atoms with E-state index in [1.807, 2.05) is 24.3 Å². The lowest BCUT2D eigenvalue weighted by atomic mass is 10.2. The van der Waals surface area contributed by atoms with Gasteiger partial charge in [0.1, 0.15) is 0 Å². The van der Waals surface area contributed by atoms with Gasteiger partial charge in [-0.15, -0.1) is 0 Å². The van der Waals surface area contributed by atoms with Gasteiger partial charge in [-0.1, -0.05) is 47.8 Å². The number of hydrogen-bond donors (Lipinski definition) is 0. The predicted octanol–water partition coefficient (Wildman–Crippen LogP) is 3.54. The minimum Gasteiger partial charge on any atom is -0.618 e. The van der Waals surface area contributed by atoms with E-state index in [0.29, 0.717) is 10.1 Å². The smallest absolute Gasteiger partial charge is 0.251 e. The third-order valence-electron chi connectivity index (χ3n) is 3.37. The first kappa shape index (κ1) is 16.7. The molecule has 24 heavy (non-hydrogen) atoms. The fourth-order valence-electron chi connectivity index (χ4n) is 2.10. The van der Waals surface area contributed by atoms with Crippen molar-refractivity contribution in [1.29, 1.82) is 0 Å². The van der Waals surface area contributed by atoms with Gasteiger partial charge in [-0.2, -0.15) is 9.46 Å². The van der Waals surface area contributed by atoms with Gasteiger partial charge in [-0.25, -0.2) is 0 Å². The zero-order valence-electron chi connectivity index (χ0n) is 12.9. The lowest BCUT2D eigenvalue weighted by Crippen LogP contribution is -2.27. The summed E-state index contributed by atoms with van der Waals surface area (Å²) in [6.07, 6.45) is 3.02. The quantitative estimate of drug-likeness (QED) is 0.385. The number of nitrogens with zero attached hydrogens (tertiary/aromatic N) is 2. The van der Waals surface area contributed by atoms with E-state index in [-0.39, 0.29) is 0 Å². The summed E-state index contributed by atoms with van der Waals surface area (Å²) in [4.78, 5) is 0. The molecule has 0 fully saturated rings. The van der Waals surface area contributed by atoms with Gasteiger partial charge in [-0.05, 0) is 23.3 Å². The summed E-state index contributed by atoms with van der Waals surface area (Å²) >= 11 is 3.04. The summed E-state index contributed by atoms with van der Waals surface area (Å²) < 4.78 is 1.77. The Hall–Kier alpha value is -2.18. The van der Waals surface area contributed by atoms with Crippen molar-refractivity contribution < 1.29 is 9.46 Å². The van der Waals surface area contributed by atoms with E-state index in [9.17, 15) is 10.4 Å². The second-order valence-corrected chi connectivity index (χ2v) is 7.11. The molecule has 0 aliphatic rings. The van der Waals surface area contributed by atoms with E-state index in [2.05, 4.69) is 24.3 Å². The molecule has 3 rings (SSSR count). The third kappa shape index (κ3) is 4.43. The van der Waals surface area contributed by atoms with Crippen molar-refractivity contribution in [1.82, 2.24) is 0 Å². The summed E-state index contributed by atoms with van der Waals surface area (Å²) in [7, 11) is 0. The highest BCUT2D eigenvalue weighted by molar-refractivity contribution is 7.98. The first-order chi connectivity index (χ1) is 11.7. The van der Waals surface area contributed by atoms with Crippen molar-refractivity contribution in [2.45, 2.75) is 21.6 Å². The maximum atomic E-state index is 11.6. The molecule has 2 aromatic heterocycles. The molecule has 0 bridgehead atoms. The molecule has 0 aliphatic heterocycles. The molecule has 0 saturated heterocycles. The van der Waals surface area contributed by atoms with Crippen LogP contribution >= 0.6 is 23.5 Å². The van der Waals surface area contributed by atoms with E-state index in [1.54, 1.807) is 12.1 Å². The molecule has 0 N–H and O–H groups in total. The number of benzene rings is 1. The van der Waals surface area contributed by atoms with Crippen LogP contribution in [0.3, 0.4) is 0 Å². The molecule has 0 saturated carbocycles. The van der Waals surface area contributed by atoms with E-state index < -0.39 is 0 Å². The molecule has 4 nitrogen and oxygen atoms in total. The largest absolute Gasteiger partial charge is 0.618 e. The highest BCUT2D eigenvalue weighted by Gasteiger charge is 2.07. The maximum Gasteiger partial charge on any atom is 0.251 e. The van der Waals surface area contributed by atoms with Crippen molar-refractivity contribution in [3.63, 3.8) is 0 Å². The molecule has 122 valence electrons. The minimum atomic E-state index is 0.696. The Morgan fingerprint density at radius 3 is 1.42 bits per heavy atom. The third-order valence-corrected chi connectivity index (χ3v) is 5.55. The lowest BCUT2D eigenvalue weighted by Gasteiger charge is -2.05. The second kappa shape index (κ2) is 8.08. The van der Waals surface area contributed by atoms with Crippen molar-refractivity contribution in [2.75, 3.05) is 0 Å². The van der Waals surface area contributed by atoms with E-state index in [4.69, 9.17) is 0 Å². The Kier molecular flexibility index (Phi) is 5.61. The number of aromatic nitrogens is 2. The molecule has 0 spiro atoms. The van der Waals surface area contributed by atoms with E-state index in [1.165, 1.54) is 35.9 Å². The Labute approximate surface area is 149 Å². The van der Waals surface area contributed by atoms with Gasteiger partial charge in [0.05, 0.1) is 0 Å². The molecule has 6 heteroatoms. The Balaban J connectivity index is 1.55. The van der Waals surface area contributed by atoms with Crippen LogP contribution in [0.25, 0.3) is 0 Å². The van der Waals surface area contributed by atoms with Crippen LogP contribution in [0.4, 0.5) is 0 Å². The molecule has 3 aromatic rings. The average Bonchev–Trinajstić information content (AvgIpc) is 2.61. The van der Waals surface area contributed by atoms with Crippen LogP contribution in [-0.4, -0.2) is 0 Å². The minimum absolute atomic E-state index is 0.696. The fourth-order valence-corrected chi connectivity index (χ4v) is 3.83. The zero-order valence-corrected chi connectivity index (χ0v) is 14.5. The molecular formula is C18H16N2O2S2. The Morgan fingerprint density at radius 1 is 0.625 bits per heavy atom. The van der Waals surface area contributed by atoms with Crippen LogP contribution in [-0.2, 0) is 11.5 Å². The van der Waals surface area contributed by atoms with Gasteiger partial charge in [0.25, 0.3) is 10.1 Å². The topological polar surface area (TPSA) is 53.9 Å². The molecule has 2 heterocycles. The SMILES string of the molecule is [O-][n+]1ccccc1SCc1ccc(CSc2cccc[n+]2[O-])cc1. The molecular weight excluding hydrogens is 340 g/mol. The molecule has 0 unspecified atom stereocenters. The first-order valence-corrected chi connectivity index (χ1v) is 9.39. The van der Waals surface area contributed by atoms with Gasteiger partial charge in [-0.3, -0.25) is 0 Å². The molecule has 0 amide bonds. The molecule has 0 radical (unpaired) electrons. The first-order valence-electron chi connectivity index (χ1n) is 7.42. The Morgan fingerprint density at radius 2 is 1.04 bits per heavy atom. The van der Waals surface area contributed by atoms with Crippen LogP contribution in [0.2, 0.25) is 0 Å². The van der Waals surface area contributed by atoms with Crippen LogP contribution in [0.5, 0.6) is 0 Å².